The summed E-state index contributed by atoms with van der Waals surface area (Å²) in [6.07, 6.45) is -0.444. The molecule has 1 aromatic heterocycles. The lowest BCUT2D eigenvalue weighted by atomic mass is 9.84. The molecule has 0 radical (unpaired) electrons. The van der Waals surface area contributed by atoms with E-state index in [1.165, 1.54) is 12.1 Å². The van der Waals surface area contributed by atoms with Crippen LogP contribution in [0.4, 0.5) is 13.2 Å². The molecule has 2 heterocycles. The Morgan fingerprint density at radius 1 is 1.03 bits per heavy atom. The van der Waals surface area contributed by atoms with Crippen LogP contribution in [0.15, 0.2) is 52.9 Å². The van der Waals surface area contributed by atoms with Crippen molar-refractivity contribution < 1.29 is 27.2 Å². The lowest BCUT2D eigenvalue weighted by Crippen LogP contribution is -2.63. The van der Waals surface area contributed by atoms with Crippen LogP contribution in [0.3, 0.4) is 0 Å². The molecule has 3 aromatic rings. The molecule has 1 saturated carbocycles. The Bertz CT molecular complexity index is 1210. The van der Waals surface area contributed by atoms with E-state index in [1.807, 2.05) is 24.3 Å². The number of nitrogens with one attached hydrogen (secondary N) is 2. The zero-order chi connectivity index (χ0) is 25.3. The quantitative estimate of drug-likeness (QED) is 0.532. The number of alkyl halides is 3. The lowest BCUT2D eigenvalue weighted by molar-refractivity contribution is -0.137. The standard InChI is InChI=1S/C26H27F3N4O3/c27-26(28,29)18-5-3-4-17(12-18)24(35)30-13-23(34)31-19-14-33(15-19)20-10-8-16(9-11-20)25-32-21-6-1-2-7-22(21)36-25/h1-7,12,16,19-20H,8-11,13-15H2,(H,30,35)(H,31,34). The third-order valence-corrected chi connectivity index (χ3v) is 7.01. The fraction of sp³-hybridized carbons (Fsp3) is 0.423. The van der Waals surface area contributed by atoms with Crippen molar-refractivity contribution in [3.05, 3.63) is 65.5 Å². The molecular formula is C26H27F3N4O3. The van der Waals surface area contributed by atoms with Crippen LogP contribution in [0, 0.1) is 0 Å². The molecule has 2 amide bonds. The van der Waals surface area contributed by atoms with Crippen LogP contribution in [0.5, 0.6) is 0 Å². The van der Waals surface area contributed by atoms with E-state index in [0.29, 0.717) is 12.0 Å². The van der Waals surface area contributed by atoms with Crippen molar-refractivity contribution in [3.63, 3.8) is 0 Å². The van der Waals surface area contributed by atoms with E-state index in [-0.39, 0.29) is 24.1 Å². The van der Waals surface area contributed by atoms with Crippen LogP contribution >= 0.6 is 0 Å². The molecular weight excluding hydrogens is 473 g/mol. The van der Waals surface area contributed by atoms with Crippen molar-refractivity contribution in [1.82, 2.24) is 20.5 Å². The van der Waals surface area contributed by atoms with Gasteiger partial charge in [-0.2, -0.15) is 13.2 Å². The molecule has 2 fully saturated rings. The Balaban J connectivity index is 1.02. The number of benzene rings is 2. The first-order chi connectivity index (χ1) is 17.3. The molecule has 2 aromatic carbocycles. The third kappa shape index (κ3) is 5.38. The average molecular weight is 501 g/mol. The van der Waals surface area contributed by atoms with Crippen LogP contribution < -0.4 is 10.6 Å². The number of amides is 2. The van der Waals surface area contributed by atoms with E-state index in [0.717, 1.165) is 67.9 Å². The van der Waals surface area contributed by atoms with Gasteiger partial charge >= 0.3 is 6.18 Å². The molecule has 10 heteroatoms. The zero-order valence-electron chi connectivity index (χ0n) is 19.6. The van der Waals surface area contributed by atoms with E-state index in [1.54, 1.807) is 0 Å². The van der Waals surface area contributed by atoms with E-state index in [9.17, 15) is 22.8 Å². The number of carbonyl (C=O) groups is 2. The maximum Gasteiger partial charge on any atom is 0.416 e. The zero-order valence-corrected chi connectivity index (χ0v) is 19.6. The summed E-state index contributed by atoms with van der Waals surface area (Å²) in [6.45, 7) is 1.19. The Labute approximate surface area is 206 Å². The van der Waals surface area contributed by atoms with Crippen molar-refractivity contribution in [1.29, 1.82) is 0 Å². The first-order valence-electron chi connectivity index (χ1n) is 12.1. The molecule has 1 saturated heterocycles. The first-order valence-corrected chi connectivity index (χ1v) is 12.1. The number of fused-ring (bicyclic) bond motifs is 1. The van der Waals surface area contributed by atoms with Gasteiger partial charge in [0, 0.05) is 30.6 Å². The van der Waals surface area contributed by atoms with Gasteiger partial charge in [-0.15, -0.1) is 0 Å². The van der Waals surface area contributed by atoms with Gasteiger partial charge in [0.2, 0.25) is 5.91 Å². The van der Waals surface area contributed by atoms with E-state index >= 15 is 0 Å². The maximum absolute atomic E-state index is 12.8. The fourth-order valence-electron chi connectivity index (χ4n) is 5.03. The molecule has 36 heavy (non-hydrogen) atoms. The van der Waals surface area contributed by atoms with Gasteiger partial charge in [0.1, 0.15) is 5.52 Å². The van der Waals surface area contributed by atoms with Gasteiger partial charge in [-0.25, -0.2) is 4.98 Å². The Hall–Kier alpha value is -3.40. The summed E-state index contributed by atoms with van der Waals surface area (Å²) in [7, 11) is 0. The molecule has 0 bridgehead atoms. The third-order valence-electron chi connectivity index (χ3n) is 7.01. The number of nitrogens with zero attached hydrogens (tertiary/aromatic N) is 2. The highest BCUT2D eigenvalue weighted by Gasteiger charge is 2.36. The number of rotatable bonds is 6. The summed E-state index contributed by atoms with van der Waals surface area (Å²) in [5.74, 6) is 0.0586. The van der Waals surface area contributed by atoms with Gasteiger partial charge in [-0.3, -0.25) is 14.5 Å². The average Bonchev–Trinajstić information content (AvgIpc) is 3.28. The number of halogens is 3. The van der Waals surface area contributed by atoms with Crippen molar-refractivity contribution in [2.75, 3.05) is 19.6 Å². The monoisotopic (exact) mass is 500 g/mol. The van der Waals surface area contributed by atoms with Gasteiger partial charge in [-0.05, 0) is 56.0 Å². The minimum atomic E-state index is -4.53. The summed E-state index contributed by atoms with van der Waals surface area (Å²) in [5, 5.41) is 5.27. The largest absolute Gasteiger partial charge is 0.440 e. The van der Waals surface area contributed by atoms with E-state index < -0.39 is 17.6 Å². The van der Waals surface area contributed by atoms with Gasteiger partial charge < -0.3 is 15.1 Å². The van der Waals surface area contributed by atoms with Crippen LogP contribution in [-0.4, -0.2) is 53.4 Å². The summed E-state index contributed by atoms with van der Waals surface area (Å²) >= 11 is 0. The SMILES string of the molecule is O=C(CNC(=O)c1cccc(C(F)(F)F)c1)NC1CN(C2CCC(c3nc4ccccc4o3)CC2)C1. The highest BCUT2D eigenvalue weighted by Crippen LogP contribution is 2.36. The van der Waals surface area contributed by atoms with E-state index in [4.69, 9.17) is 4.42 Å². The Morgan fingerprint density at radius 3 is 2.50 bits per heavy atom. The molecule has 1 aliphatic heterocycles. The number of oxazole rings is 1. The molecule has 0 unspecified atom stereocenters. The van der Waals surface area contributed by atoms with Crippen molar-refractivity contribution in [2.24, 2.45) is 0 Å². The van der Waals surface area contributed by atoms with Crippen LogP contribution in [0.25, 0.3) is 11.1 Å². The molecule has 2 N–H and O–H groups in total. The highest BCUT2D eigenvalue weighted by atomic mass is 19.4. The van der Waals surface area contributed by atoms with Crippen molar-refractivity contribution in [3.8, 4) is 0 Å². The van der Waals surface area contributed by atoms with Crippen LogP contribution in [0.1, 0.15) is 53.4 Å². The van der Waals surface area contributed by atoms with Gasteiger partial charge in [0.25, 0.3) is 5.91 Å². The normalized spacial score (nSPS) is 21.2. The second-order valence-electron chi connectivity index (χ2n) is 9.50. The summed E-state index contributed by atoms with van der Waals surface area (Å²) in [5.41, 5.74) is 0.668. The molecule has 7 nitrogen and oxygen atoms in total. The Morgan fingerprint density at radius 2 is 1.78 bits per heavy atom. The van der Waals surface area contributed by atoms with E-state index in [2.05, 4.69) is 20.5 Å². The molecule has 1 aliphatic carbocycles. The van der Waals surface area contributed by atoms with Gasteiger partial charge in [0.05, 0.1) is 18.2 Å². The predicted molar refractivity (Wildman–Crippen MR) is 126 cm³/mol. The van der Waals surface area contributed by atoms with Crippen LogP contribution in [0.2, 0.25) is 0 Å². The number of hydrogen-bond acceptors (Lipinski definition) is 5. The lowest BCUT2D eigenvalue weighted by Gasteiger charge is -2.46. The molecule has 2 aliphatic rings. The van der Waals surface area contributed by atoms with Gasteiger partial charge in [0.15, 0.2) is 11.5 Å². The van der Waals surface area contributed by atoms with Crippen LogP contribution in [-0.2, 0) is 11.0 Å². The predicted octanol–water partition coefficient (Wildman–Crippen LogP) is 4.10. The highest BCUT2D eigenvalue weighted by molar-refractivity contribution is 5.96. The second kappa shape index (κ2) is 9.93. The fourth-order valence-corrected chi connectivity index (χ4v) is 5.03. The topological polar surface area (TPSA) is 87.5 Å². The first kappa shape index (κ1) is 24.3. The summed E-state index contributed by atoms with van der Waals surface area (Å²) < 4.78 is 44.4. The second-order valence-corrected chi connectivity index (χ2v) is 9.50. The molecule has 190 valence electrons. The minimum absolute atomic E-state index is 0.00211. The number of likely N-dealkylation sites (tertiary alicyclic amines) is 1. The number of carbonyl (C=O) groups excluding carboxylic acids is 2. The smallest absolute Gasteiger partial charge is 0.416 e. The van der Waals surface area contributed by atoms with Crippen molar-refractivity contribution in [2.45, 2.75) is 49.9 Å². The number of para-hydroxylation sites is 2. The summed E-state index contributed by atoms with van der Waals surface area (Å²) in [6, 6.07) is 12.4. The maximum atomic E-state index is 12.8. The van der Waals surface area contributed by atoms with Crippen molar-refractivity contribution >= 4 is 22.9 Å². The molecule has 0 spiro atoms. The van der Waals surface area contributed by atoms with Gasteiger partial charge in [-0.1, -0.05) is 18.2 Å². The minimum Gasteiger partial charge on any atom is -0.440 e. The number of hydrogen-bond donors (Lipinski definition) is 2. The summed E-state index contributed by atoms with van der Waals surface area (Å²) in [4.78, 5) is 31.4. The molecule has 5 rings (SSSR count). The number of aromatic nitrogens is 1. The Kier molecular flexibility index (Phi) is 6.70. The molecule has 0 atom stereocenters.